The molecule has 0 unspecified atom stereocenters. The monoisotopic (exact) mass is 247 g/mol. The van der Waals surface area contributed by atoms with Crippen LogP contribution in [0.5, 0.6) is 11.5 Å². The molecule has 0 radical (unpaired) electrons. The topological polar surface area (TPSA) is 64.7 Å². The fraction of sp³-hybridized carbons (Fsp3) is 0.286. The van der Waals surface area contributed by atoms with Crippen LogP contribution in [-0.2, 0) is 0 Å². The summed E-state index contributed by atoms with van der Waals surface area (Å²) in [7, 11) is 3.15. The van der Waals surface area contributed by atoms with Crippen LogP contribution in [0.25, 0.3) is 10.8 Å². The van der Waals surface area contributed by atoms with E-state index in [9.17, 15) is 5.11 Å². The van der Waals surface area contributed by atoms with Gasteiger partial charge in [0.2, 0.25) is 0 Å². The fourth-order valence-corrected chi connectivity index (χ4v) is 2.15. The lowest BCUT2D eigenvalue weighted by atomic mass is 9.97. The van der Waals surface area contributed by atoms with Crippen molar-refractivity contribution in [1.82, 2.24) is 0 Å². The molecule has 0 bridgehead atoms. The second kappa shape index (κ2) is 5.25. The Morgan fingerprint density at radius 1 is 1.22 bits per heavy atom. The van der Waals surface area contributed by atoms with E-state index >= 15 is 0 Å². The number of benzene rings is 2. The van der Waals surface area contributed by atoms with Gasteiger partial charge in [-0.2, -0.15) is 0 Å². The molecule has 3 N–H and O–H groups in total. The quantitative estimate of drug-likeness (QED) is 0.865. The minimum absolute atomic E-state index is 0.145. The smallest absolute Gasteiger partial charge is 0.166 e. The van der Waals surface area contributed by atoms with E-state index < -0.39 is 6.04 Å². The normalized spacial score (nSPS) is 12.4. The minimum atomic E-state index is -0.500. The van der Waals surface area contributed by atoms with Crippen molar-refractivity contribution in [1.29, 1.82) is 0 Å². The Bertz CT molecular complexity index is 554. The maximum absolute atomic E-state index is 9.31. The molecule has 0 saturated heterocycles. The van der Waals surface area contributed by atoms with Crippen LogP contribution in [0.15, 0.2) is 30.3 Å². The molecule has 0 aliphatic carbocycles. The Labute approximate surface area is 106 Å². The summed E-state index contributed by atoms with van der Waals surface area (Å²) in [6.07, 6.45) is 0. The second-order valence-electron chi connectivity index (χ2n) is 4.04. The van der Waals surface area contributed by atoms with Crippen LogP contribution in [0.2, 0.25) is 0 Å². The van der Waals surface area contributed by atoms with Crippen molar-refractivity contribution >= 4 is 10.8 Å². The van der Waals surface area contributed by atoms with Gasteiger partial charge in [0, 0.05) is 5.56 Å². The standard InChI is InChI=1S/C14H17NO3/c1-17-12-7-9-5-3-4-6-10(9)13(11(15)8-16)14(12)18-2/h3-7,11,16H,8,15H2,1-2H3/t11-/m1/s1. The van der Waals surface area contributed by atoms with Crippen LogP contribution in [0.4, 0.5) is 0 Å². The van der Waals surface area contributed by atoms with Gasteiger partial charge < -0.3 is 20.3 Å². The van der Waals surface area contributed by atoms with Crippen molar-refractivity contribution in [2.75, 3.05) is 20.8 Å². The lowest BCUT2D eigenvalue weighted by molar-refractivity contribution is 0.264. The van der Waals surface area contributed by atoms with Crippen LogP contribution in [0, 0.1) is 0 Å². The zero-order valence-electron chi connectivity index (χ0n) is 10.5. The number of ether oxygens (including phenoxy) is 2. The molecule has 4 heteroatoms. The number of methoxy groups -OCH3 is 2. The molecule has 0 fully saturated rings. The van der Waals surface area contributed by atoms with E-state index in [4.69, 9.17) is 15.2 Å². The van der Waals surface area contributed by atoms with Crippen molar-refractivity contribution in [2.45, 2.75) is 6.04 Å². The first kappa shape index (κ1) is 12.7. The molecule has 0 aliphatic rings. The molecule has 2 aromatic carbocycles. The van der Waals surface area contributed by atoms with E-state index in [1.807, 2.05) is 30.3 Å². The Morgan fingerprint density at radius 2 is 1.94 bits per heavy atom. The van der Waals surface area contributed by atoms with E-state index in [1.54, 1.807) is 14.2 Å². The maximum atomic E-state index is 9.31. The largest absolute Gasteiger partial charge is 0.493 e. The van der Waals surface area contributed by atoms with E-state index in [2.05, 4.69) is 0 Å². The molecule has 1 atom stereocenters. The molecule has 0 amide bonds. The summed E-state index contributed by atoms with van der Waals surface area (Å²) in [5.41, 5.74) is 6.75. The predicted molar refractivity (Wildman–Crippen MR) is 71.1 cm³/mol. The third kappa shape index (κ3) is 2.00. The molecule has 2 aromatic rings. The van der Waals surface area contributed by atoms with E-state index in [-0.39, 0.29) is 6.61 Å². The third-order valence-electron chi connectivity index (χ3n) is 3.00. The number of nitrogens with two attached hydrogens (primary N) is 1. The summed E-state index contributed by atoms with van der Waals surface area (Å²) in [5, 5.41) is 11.3. The lowest BCUT2D eigenvalue weighted by Crippen LogP contribution is -2.16. The first-order valence-corrected chi connectivity index (χ1v) is 5.73. The van der Waals surface area contributed by atoms with E-state index in [1.165, 1.54) is 0 Å². The highest BCUT2D eigenvalue weighted by Gasteiger charge is 2.19. The Morgan fingerprint density at radius 3 is 2.56 bits per heavy atom. The zero-order valence-corrected chi connectivity index (χ0v) is 10.5. The summed E-state index contributed by atoms with van der Waals surface area (Å²) in [5.74, 6) is 1.20. The van der Waals surface area contributed by atoms with Gasteiger partial charge in [-0.1, -0.05) is 24.3 Å². The van der Waals surface area contributed by atoms with Gasteiger partial charge in [-0.15, -0.1) is 0 Å². The van der Waals surface area contributed by atoms with Gasteiger partial charge in [0.15, 0.2) is 11.5 Å². The van der Waals surface area contributed by atoms with Crippen LogP contribution in [-0.4, -0.2) is 25.9 Å². The summed E-state index contributed by atoms with van der Waals surface area (Å²) < 4.78 is 10.7. The molecule has 2 rings (SSSR count). The van der Waals surface area contributed by atoms with Gasteiger partial charge in [-0.05, 0) is 16.8 Å². The highest BCUT2D eigenvalue weighted by molar-refractivity contribution is 5.90. The number of rotatable bonds is 4. The predicted octanol–water partition coefficient (Wildman–Crippen LogP) is 1.85. The highest BCUT2D eigenvalue weighted by atomic mass is 16.5. The van der Waals surface area contributed by atoms with E-state index in [0.29, 0.717) is 11.5 Å². The Hall–Kier alpha value is -1.78. The van der Waals surface area contributed by atoms with Crippen LogP contribution < -0.4 is 15.2 Å². The average molecular weight is 247 g/mol. The molecule has 4 nitrogen and oxygen atoms in total. The lowest BCUT2D eigenvalue weighted by Gasteiger charge is -2.19. The number of hydrogen-bond acceptors (Lipinski definition) is 4. The number of aliphatic hydroxyl groups is 1. The molecule has 0 spiro atoms. The molecule has 0 saturated carbocycles. The molecule has 96 valence electrons. The first-order valence-electron chi connectivity index (χ1n) is 5.73. The Balaban J connectivity index is 2.82. The van der Waals surface area contributed by atoms with Gasteiger partial charge in [-0.25, -0.2) is 0 Å². The van der Waals surface area contributed by atoms with Gasteiger partial charge in [0.1, 0.15) is 0 Å². The molecule has 0 aromatic heterocycles. The van der Waals surface area contributed by atoms with Crippen LogP contribution in [0.3, 0.4) is 0 Å². The number of aliphatic hydroxyl groups excluding tert-OH is 1. The van der Waals surface area contributed by atoms with Gasteiger partial charge in [-0.3, -0.25) is 0 Å². The van der Waals surface area contributed by atoms with Gasteiger partial charge >= 0.3 is 0 Å². The van der Waals surface area contributed by atoms with E-state index in [0.717, 1.165) is 16.3 Å². The van der Waals surface area contributed by atoms with Crippen molar-refractivity contribution in [3.63, 3.8) is 0 Å². The first-order chi connectivity index (χ1) is 8.72. The number of hydrogen-bond donors (Lipinski definition) is 2. The van der Waals surface area contributed by atoms with Crippen molar-refractivity contribution in [3.05, 3.63) is 35.9 Å². The minimum Gasteiger partial charge on any atom is -0.493 e. The third-order valence-corrected chi connectivity index (χ3v) is 3.00. The maximum Gasteiger partial charge on any atom is 0.166 e. The number of fused-ring (bicyclic) bond motifs is 1. The summed E-state index contributed by atoms with van der Waals surface area (Å²) >= 11 is 0. The molecule has 0 heterocycles. The Kier molecular flexibility index (Phi) is 3.69. The SMILES string of the molecule is COc1cc2ccccc2c([C@H](N)CO)c1OC. The summed E-state index contributed by atoms with van der Waals surface area (Å²) in [6.45, 7) is -0.145. The van der Waals surface area contributed by atoms with Gasteiger partial charge in [0.25, 0.3) is 0 Å². The second-order valence-corrected chi connectivity index (χ2v) is 4.04. The van der Waals surface area contributed by atoms with Crippen molar-refractivity contribution in [2.24, 2.45) is 5.73 Å². The molecular weight excluding hydrogens is 230 g/mol. The fourth-order valence-electron chi connectivity index (χ4n) is 2.15. The van der Waals surface area contributed by atoms with Crippen molar-refractivity contribution < 1.29 is 14.6 Å². The molecular formula is C14H17NO3. The van der Waals surface area contributed by atoms with Crippen molar-refractivity contribution in [3.8, 4) is 11.5 Å². The van der Waals surface area contributed by atoms with Gasteiger partial charge in [0.05, 0.1) is 26.9 Å². The van der Waals surface area contributed by atoms with Crippen LogP contribution in [0.1, 0.15) is 11.6 Å². The molecule has 0 aliphatic heterocycles. The summed E-state index contributed by atoms with van der Waals surface area (Å²) in [4.78, 5) is 0. The molecule has 18 heavy (non-hydrogen) atoms. The zero-order chi connectivity index (χ0) is 13.1. The highest BCUT2D eigenvalue weighted by Crippen LogP contribution is 2.39. The average Bonchev–Trinajstić information content (AvgIpc) is 2.44. The summed E-state index contributed by atoms with van der Waals surface area (Å²) in [6, 6.07) is 9.22. The van der Waals surface area contributed by atoms with Crippen LogP contribution >= 0.6 is 0 Å².